The molecule has 0 atom stereocenters. The van der Waals surface area contributed by atoms with E-state index < -0.39 is 10.0 Å². The zero-order chi connectivity index (χ0) is 10.2. The number of hydrogen-bond donors (Lipinski definition) is 2. The normalized spacial score (nSPS) is 11.6. The zero-order valence-corrected chi connectivity index (χ0v) is 10.3. The Labute approximate surface area is 92.6 Å². The van der Waals surface area contributed by atoms with Crippen LogP contribution in [0.1, 0.15) is 0 Å². The predicted molar refractivity (Wildman–Crippen MR) is 57.6 cm³/mol. The molecule has 72 valence electrons. The molecule has 0 aromatic heterocycles. The number of sulfonamides is 1. The molecule has 7 heteroatoms. The van der Waals surface area contributed by atoms with Crippen LogP contribution in [0.3, 0.4) is 0 Å². The number of primary sulfonamides is 1. The maximum Gasteiger partial charge on any atom is 0.240 e. The molecule has 0 heterocycles. The average molecular weight is 330 g/mol. The fourth-order valence-electron chi connectivity index (χ4n) is 0.797. The van der Waals surface area contributed by atoms with Crippen LogP contribution >= 0.6 is 31.9 Å². The van der Waals surface area contributed by atoms with Gasteiger partial charge in [0.05, 0.1) is 5.69 Å². The summed E-state index contributed by atoms with van der Waals surface area (Å²) < 4.78 is 23.1. The van der Waals surface area contributed by atoms with Gasteiger partial charge in [0, 0.05) is 8.95 Å². The van der Waals surface area contributed by atoms with Gasteiger partial charge in [0.25, 0.3) is 0 Å². The SMILES string of the molecule is Nc1c(Br)cc(Br)cc1S(N)(=O)=O. The Morgan fingerprint density at radius 1 is 1.23 bits per heavy atom. The lowest BCUT2D eigenvalue weighted by Crippen LogP contribution is -2.14. The van der Waals surface area contributed by atoms with Crippen molar-refractivity contribution in [2.45, 2.75) is 4.90 Å². The first-order chi connectivity index (χ1) is 5.82. The molecule has 4 nitrogen and oxygen atoms in total. The molecule has 0 saturated heterocycles. The lowest BCUT2D eigenvalue weighted by molar-refractivity contribution is 0.598. The molecule has 1 rings (SSSR count). The third-order valence-electron chi connectivity index (χ3n) is 1.36. The van der Waals surface area contributed by atoms with E-state index >= 15 is 0 Å². The molecule has 1 aromatic carbocycles. The van der Waals surface area contributed by atoms with Crippen molar-refractivity contribution in [3.63, 3.8) is 0 Å². The fraction of sp³-hybridized carbons (Fsp3) is 0. The first-order valence-corrected chi connectivity index (χ1v) is 6.23. The first kappa shape index (κ1) is 11.0. The highest BCUT2D eigenvalue weighted by atomic mass is 79.9. The fourth-order valence-corrected chi connectivity index (χ4v) is 3.01. The number of nitrogens with two attached hydrogens (primary N) is 2. The number of nitrogen functional groups attached to an aromatic ring is 1. The molecule has 0 aliphatic heterocycles. The molecule has 0 fully saturated rings. The number of benzene rings is 1. The summed E-state index contributed by atoms with van der Waals surface area (Å²) in [7, 11) is -3.76. The average Bonchev–Trinajstić information content (AvgIpc) is 1.94. The molecule has 0 spiro atoms. The summed E-state index contributed by atoms with van der Waals surface area (Å²) in [5, 5.41) is 4.95. The van der Waals surface area contributed by atoms with Gasteiger partial charge in [-0.15, -0.1) is 0 Å². The molecule has 0 aliphatic carbocycles. The van der Waals surface area contributed by atoms with Gasteiger partial charge in [-0.3, -0.25) is 0 Å². The molecule has 0 aliphatic rings. The highest BCUT2D eigenvalue weighted by Gasteiger charge is 2.15. The molecular weight excluding hydrogens is 324 g/mol. The second kappa shape index (κ2) is 3.56. The van der Waals surface area contributed by atoms with Gasteiger partial charge in [-0.1, -0.05) is 15.9 Å². The van der Waals surface area contributed by atoms with Crippen molar-refractivity contribution in [1.29, 1.82) is 0 Å². The Balaban J connectivity index is 3.56. The molecule has 1 aromatic rings. The van der Waals surface area contributed by atoms with E-state index in [-0.39, 0.29) is 10.6 Å². The maximum atomic E-state index is 11.0. The Kier molecular flexibility index (Phi) is 3.01. The number of halogens is 2. The van der Waals surface area contributed by atoms with Gasteiger partial charge in [0.1, 0.15) is 4.90 Å². The van der Waals surface area contributed by atoms with Crippen molar-refractivity contribution in [2.75, 3.05) is 5.73 Å². The molecule has 4 N–H and O–H groups in total. The quantitative estimate of drug-likeness (QED) is 0.764. The van der Waals surface area contributed by atoms with E-state index in [1.54, 1.807) is 6.07 Å². The lowest BCUT2D eigenvalue weighted by atomic mass is 10.3. The van der Waals surface area contributed by atoms with Crippen LogP contribution in [-0.2, 0) is 10.0 Å². The van der Waals surface area contributed by atoms with Crippen molar-refractivity contribution in [2.24, 2.45) is 5.14 Å². The third-order valence-corrected chi connectivity index (χ3v) is 3.43. The number of anilines is 1. The van der Waals surface area contributed by atoms with E-state index in [0.717, 1.165) is 0 Å². The van der Waals surface area contributed by atoms with E-state index in [1.165, 1.54) is 6.07 Å². The van der Waals surface area contributed by atoms with Crippen molar-refractivity contribution >= 4 is 47.6 Å². The van der Waals surface area contributed by atoms with Crippen LogP contribution in [0.15, 0.2) is 26.0 Å². The molecular formula is C6H6Br2N2O2S. The van der Waals surface area contributed by atoms with Crippen LogP contribution in [-0.4, -0.2) is 8.42 Å². The largest absolute Gasteiger partial charge is 0.397 e. The molecule has 0 saturated carbocycles. The van der Waals surface area contributed by atoms with E-state index in [4.69, 9.17) is 10.9 Å². The van der Waals surface area contributed by atoms with Crippen LogP contribution in [0, 0.1) is 0 Å². The Morgan fingerprint density at radius 2 is 1.77 bits per heavy atom. The lowest BCUT2D eigenvalue weighted by Gasteiger charge is -2.05. The van der Waals surface area contributed by atoms with Gasteiger partial charge in [-0.2, -0.15) is 0 Å². The monoisotopic (exact) mass is 328 g/mol. The minimum Gasteiger partial charge on any atom is -0.397 e. The van der Waals surface area contributed by atoms with Crippen LogP contribution in [0.25, 0.3) is 0 Å². The summed E-state index contributed by atoms with van der Waals surface area (Å²) in [6.07, 6.45) is 0. The maximum absolute atomic E-state index is 11.0. The molecule has 0 radical (unpaired) electrons. The second-order valence-electron chi connectivity index (χ2n) is 2.34. The predicted octanol–water partition coefficient (Wildman–Crippen LogP) is 1.44. The van der Waals surface area contributed by atoms with Gasteiger partial charge in [-0.05, 0) is 28.1 Å². The van der Waals surface area contributed by atoms with Gasteiger partial charge in [0.2, 0.25) is 10.0 Å². The molecule has 0 unspecified atom stereocenters. The van der Waals surface area contributed by atoms with Crippen LogP contribution < -0.4 is 10.9 Å². The topological polar surface area (TPSA) is 86.2 Å². The summed E-state index contributed by atoms with van der Waals surface area (Å²) >= 11 is 6.25. The Morgan fingerprint density at radius 3 is 2.23 bits per heavy atom. The van der Waals surface area contributed by atoms with Crippen LogP contribution in [0.2, 0.25) is 0 Å². The van der Waals surface area contributed by atoms with Crippen molar-refractivity contribution in [3.8, 4) is 0 Å². The van der Waals surface area contributed by atoms with Gasteiger partial charge < -0.3 is 5.73 Å². The van der Waals surface area contributed by atoms with E-state index in [9.17, 15) is 8.42 Å². The van der Waals surface area contributed by atoms with Crippen molar-refractivity contribution < 1.29 is 8.42 Å². The Bertz CT molecular complexity index is 444. The van der Waals surface area contributed by atoms with Crippen molar-refractivity contribution in [1.82, 2.24) is 0 Å². The van der Waals surface area contributed by atoms with Gasteiger partial charge >= 0.3 is 0 Å². The van der Waals surface area contributed by atoms with Crippen LogP contribution in [0.5, 0.6) is 0 Å². The zero-order valence-electron chi connectivity index (χ0n) is 6.29. The summed E-state index contributed by atoms with van der Waals surface area (Å²) in [4.78, 5) is -0.0891. The van der Waals surface area contributed by atoms with Crippen molar-refractivity contribution in [3.05, 3.63) is 21.1 Å². The summed E-state index contributed by atoms with van der Waals surface area (Å²) in [5.74, 6) is 0. The first-order valence-electron chi connectivity index (χ1n) is 3.09. The Hall–Kier alpha value is -0.110. The summed E-state index contributed by atoms with van der Waals surface area (Å²) in [6, 6.07) is 3.00. The molecule has 0 amide bonds. The summed E-state index contributed by atoms with van der Waals surface area (Å²) in [6.45, 7) is 0. The van der Waals surface area contributed by atoms with Gasteiger partial charge in [-0.25, -0.2) is 13.6 Å². The molecule has 0 bridgehead atoms. The third kappa shape index (κ3) is 2.43. The summed E-state index contributed by atoms with van der Waals surface area (Å²) in [5.41, 5.74) is 5.63. The minimum atomic E-state index is -3.76. The number of rotatable bonds is 1. The standard InChI is InChI=1S/C6H6Br2N2O2S/c7-3-1-4(8)6(9)5(2-3)13(10,11)12/h1-2H,9H2,(H2,10,11,12). The van der Waals surface area contributed by atoms with Gasteiger partial charge in [0.15, 0.2) is 0 Å². The minimum absolute atomic E-state index is 0.0891. The highest BCUT2D eigenvalue weighted by molar-refractivity contribution is 9.11. The highest BCUT2D eigenvalue weighted by Crippen LogP contribution is 2.30. The second-order valence-corrected chi connectivity index (χ2v) is 5.64. The van der Waals surface area contributed by atoms with E-state index in [2.05, 4.69) is 31.9 Å². The number of hydrogen-bond acceptors (Lipinski definition) is 3. The van der Waals surface area contributed by atoms with E-state index in [0.29, 0.717) is 8.95 Å². The molecule has 13 heavy (non-hydrogen) atoms. The van der Waals surface area contributed by atoms with E-state index in [1.807, 2.05) is 0 Å². The van der Waals surface area contributed by atoms with Crippen LogP contribution in [0.4, 0.5) is 5.69 Å². The smallest absolute Gasteiger partial charge is 0.240 e.